The summed E-state index contributed by atoms with van der Waals surface area (Å²) < 4.78 is 6.82. The van der Waals surface area contributed by atoms with Gasteiger partial charge in [0.25, 0.3) is 0 Å². The largest absolute Gasteiger partial charge is 2.00 e. The Labute approximate surface area is 337 Å². The van der Waals surface area contributed by atoms with E-state index < -0.39 is 5.41 Å². The number of nitrogens with zero attached hydrogens (tertiary/aromatic N) is 3. The maximum atomic E-state index is 6.82. The topological polar surface area (TPSA) is 38.2 Å². The molecule has 2 aromatic heterocycles. The minimum atomic E-state index is -0.806. The number of ether oxygens (including phenoxy) is 1. The zero-order chi connectivity index (χ0) is 36.6. The summed E-state index contributed by atoms with van der Waals surface area (Å²) in [6.07, 6.45) is 3.69. The van der Waals surface area contributed by atoms with Gasteiger partial charge in [0.1, 0.15) is 0 Å². The van der Waals surface area contributed by atoms with E-state index in [0.29, 0.717) is 11.5 Å². The molecule has 0 aliphatic carbocycles. The number of benzene rings is 6. The van der Waals surface area contributed by atoms with Crippen LogP contribution in [0.25, 0.3) is 22.4 Å². The molecule has 0 N–H and O–H groups in total. The van der Waals surface area contributed by atoms with E-state index >= 15 is 0 Å². The van der Waals surface area contributed by atoms with E-state index in [1.807, 2.05) is 42.7 Å². The average molecular weight is 891 g/mol. The van der Waals surface area contributed by atoms with Crippen LogP contribution < -0.4 is 9.64 Å². The van der Waals surface area contributed by atoms with Crippen LogP contribution in [-0.4, -0.2) is 9.97 Å². The van der Waals surface area contributed by atoms with Gasteiger partial charge in [-0.1, -0.05) is 108 Å². The monoisotopic (exact) mass is 890 g/mol. The maximum Gasteiger partial charge on any atom is 2.00 e. The third-order valence-electron chi connectivity index (χ3n) is 10.3. The molecule has 3 heterocycles. The number of pyridine rings is 2. The molecule has 55 heavy (non-hydrogen) atoms. The van der Waals surface area contributed by atoms with Crippen molar-refractivity contribution in [3.05, 3.63) is 221 Å². The van der Waals surface area contributed by atoms with Crippen molar-refractivity contribution in [2.45, 2.75) is 26.2 Å². The number of aryl methyl sites for hydroxylation is 3. The summed E-state index contributed by atoms with van der Waals surface area (Å²) in [5, 5.41) is 0. The fourth-order valence-corrected chi connectivity index (χ4v) is 8.27. The minimum absolute atomic E-state index is 0. The van der Waals surface area contributed by atoms with Crippen LogP contribution >= 0.6 is 0 Å². The van der Waals surface area contributed by atoms with Crippen LogP contribution in [0, 0.1) is 32.9 Å². The maximum absolute atomic E-state index is 6.82. The second-order valence-corrected chi connectivity index (χ2v) is 13.8. The van der Waals surface area contributed by atoms with Gasteiger partial charge >= 0.3 is 21.1 Å². The minimum Gasteiger partial charge on any atom is -0.503 e. The molecular formula is C50H37N3OPt. The number of fused-ring (bicyclic) bond motifs is 2. The quantitative estimate of drug-likeness (QED) is 0.149. The number of para-hydroxylation sites is 3. The van der Waals surface area contributed by atoms with Crippen molar-refractivity contribution in [3.8, 4) is 33.9 Å². The molecule has 6 aromatic carbocycles. The Morgan fingerprint density at radius 2 is 1.20 bits per heavy atom. The predicted molar refractivity (Wildman–Crippen MR) is 218 cm³/mol. The molecule has 5 heteroatoms. The number of hydrogen-bond donors (Lipinski definition) is 0. The second kappa shape index (κ2) is 15.0. The summed E-state index contributed by atoms with van der Waals surface area (Å²) in [6.45, 7) is 6.47. The molecule has 0 fully saturated rings. The first-order valence-corrected chi connectivity index (χ1v) is 18.2. The van der Waals surface area contributed by atoms with E-state index in [1.165, 1.54) is 22.3 Å². The van der Waals surface area contributed by atoms with Gasteiger partial charge in [0.15, 0.2) is 0 Å². The van der Waals surface area contributed by atoms with Crippen LogP contribution in [0.1, 0.15) is 39.1 Å². The Hall–Kier alpha value is -6.09. The summed E-state index contributed by atoms with van der Waals surface area (Å²) in [5.74, 6) is 1.17. The standard InChI is InChI=1S/C50H37N3O.Pt/c1-34-28-35(2)49(36(3)29-34)38-30-37(45-22-11-13-26-51-45)31-42(32-38)54-41-19-15-16-39(33-41)50(48-25-12-14-27-52-48)43-20-7-9-23-46(43)53(40-17-5-4-6-18-40)47-24-10-8-21-44(47)50;/h4-30,32H,1-3H3;/q-2;+2. The van der Waals surface area contributed by atoms with Crippen LogP contribution in [0.3, 0.4) is 0 Å². The van der Waals surface area contributed by atoms with Gasteiger partial charge in [-0.05, 0) is 96.7 Å². The molecule has 1 aliphatic heterocycles. The second-order valence-electron chi connectivity index (χ2n) is 13.8. The number of aromatic nitrogens is 2. The first-order valence-electron chi connectivity index (χ1n) is 18.2. The fraction of sp³-hybridized carbons (Fsp3) is 0.0800. The van der Waals surface area contributed by atoms with E-state index in [-0.39, 0.29) is 21.1 Å². The third-order valence-corrected chi connectivity index (χ3v) is 10.3. The first-order chi connectivity index (χ1) is 26.5. The molecule has 0 saturated heterocycles. The molecule has 0 saturated carbocycles. The number of rotatable bonds is 7. The molecule has 0 unspecified atom stereocenters. The van der Waals surface area contributed by atoms with Crippen molar-refractivity contribution in [2.24, 2.45) is 0 Å². The summed E-state index contributed by atoms with van der Waals surface area (Å²) >= 11 is 0. The normalized spacial score (nSPS) is 12.6. The first kappa shape index (κ1) is 35.9. The zero-order valence-corrected chi connectivity index (χ0v) is 33.0. The van der Waals surface area contributed by atoms with Crippen LogP contribution in [-0.2, 0) is 26.5 Å². The van der Waals surface area contributed by atoms with Crippen molar-refractivity contribution < 1.29 is 25.8 Å². The molecule has 268 valence electrons. The smallest absolute Gasteiger partial charge is 0.503 e. The van der Waals surface area contributed by atoms with E-state index in [0.717, 1.165) is 56.3 Å². The molecule has 9 rings (SSSR count). The number of hydrogen-bond acceptors (Lipinski definition) is 4. The Morgan fingerprint density at radius 1 is 0.564 bits per heavy atom. The van der Waals surface area contributed by atoms with Gasteiger partial charge in [-0.25, -0.2) is 0 Å². The average Bonchev–Trinajstić information content (AvgIpc) is 3.20. The van der Waals surface area contributed by atoms with Gasteiger partial charge in [0.2, 0.25) is 0 Å². The molecule has 0 amide bonds. The Morgan fingerprint density at radius 3 is 1.85 bits per heavy atom. The van der Waals surface area contributed by atoms with E-state index in [1.54, 1.807) is 0 Å². The Balaban J connectivity index is 0.00000427. The molecule has 0 radical (unpaired) electrons. The van der Waals surface area contributed by atoms with Crippen molar-refractivity contribution >= 4 is 17.1 Å². The Bertz CT molecular complexity index is 2560. The number of anilines is 3. The van der Waals surface area contributed by atoms with E-state index in [9.17, 15) is 0 Å². The van der Waals surface area contributed by atoms with Gasteiger partial charge < -0.3 is 14.6 Å². The predicted octanol–water partition coefficient (Wildman–Crippen LogP) is 12.3. The summed E-state index contributed by atoms with van der Waals surface area (Å²) in [4.78, 5) is 12.1. The van der Waals surface area contributed by atoms with Crippen LogP contribution in [0.2, 0.25) is 0 Å². The van der Waals surface area contributed by atoms with Crippen LogP contribution in [0.4, 0.5) is 17.1 Å². The summed E-state index contributed by atoms with van der Waals surface area (Å²) in [7, 11) is 0. The molecule has 1 aliphatic rings. The molecule has 0 spiro atoms. The van der Waals surface area contributed by atoms with Gasteiger partial charge in [-0.3, -0.25) is 4.98 Å². The summed E-state index contributed by atoms with van der Waals surface area (Å²) in [5.41, 5.74) is 14.1. The summed E-state index contributed by atoms with van der Waals surface area (Å²) in [6, 6.07) is 62.1. The Kier molecular flexibility index (Phi) is 9.78. The van der Waals surface area contributed by atoms with Crippen molar-refractivity contribution in [1.82, 2.24) is 9.97 Å². The third kappa shape index (κ3) is 6.37. The van der Waals surface area contributed by atoms with Crippen molar-refractivity contribution in [3.63, 3.8) is 0 Å². The van der Waals surface area contributed by atoms with Crippen LogP contribution in [0.15, 0.2) is 170 Å². The van der Waals surface area contributed by atoms with E-state index in [2.05, 4.69) is 170 Å². The van der Waals surface area contributed by atoms with Gasteiger partial charge in [-0.2, -0.15) is 12.1 Å². The molecular weight excluding hydrogens is 854 g/mol. The molecule has 0 atom stereocenters. The van der Waals surface area contributed by atoms with Crippen molar-refractivity contribution in [1.29, 1.82) is 0 Å². The zero-order valence-electron chi connectivity index (χ0n) is 30.7. The molecule has 8 aromatic rings. The van der Waals surface area contributed by atoms with Gasteiger partial charge in [0.05, 0.1) is 22.5 Å². The van der Waals surface area contributed by atoms with E-state index in [4.69, 9.17) is 9.72 Å². The SMILES string of the molecule is Cc1cc(C)c(-c2cc(Oc3[c-]c(C4(c5ccccn5)c5ccccc5N(c5ccccc5)c5ccccc54)ccc3)[c-]c(-c3ccccn3)c2)c(C)c1.[Pt+2]. The van der Waals surface area contributed by atoms with Crippen LogP contribution in [0.5, 0.6) is 11.5 Å². The van der Waals surface area contributed by atoms with Gasteiger partial charge in [-0.15, -0.1) is 29.3 Å². The molecule has 0 bridgehead atoms. The molecule has 4 nitrogen and oxygen atoms in total. The van der Waals surface area contributed by atoms with Gasteiger partial charge in [0, 0.05) is 29.6 Å². The fourth-order valence-electron chi connectivity index (χ4n) is 8.27. The van der Waals surface area contributed by atoms with Crippen molar-refractivity contribution in [2.75, 3.05) is 4.90 Å².